The minimum absolute atomic E-state index is 0.194. The SMILES string of the molecule is COc1cc(C)c(NC(=O)c2cccc(NC(C)=O)c2)cc1Cl. The van der Waals surface area contributed by atoms with Gasteiger partial charge in [0.25, 0.3) is 5.91 Å². The number of carbonyl (C=O) groups is 2. The molecule has 0 saturated heterocycles. The second-order valence-electron chi connectivity index (χ2n) is 5.02. The van der Waals surface area contributed by atoms with E-state index in [0.717, 1.165) is 5.56 Å². The van der Waals surface area contributed by atoms with Crippen molar-refractivity contribution in [3.8, 4) is 5.75 Å². The molecule has 0 unspecified atom stereocenters. The number of amides is 2. The van der Waals surface area contributed by atoms with Crippen LogP contribution in [0, 0.1) is 6.92 Å². The van der Waals surface area contributed by atoms with Gasteiger partial charge in [-0.05, 0) is 42.8 Å². The number of hydrogen-bond acceptors (Lipinski definition) is 3. The van der Waals surface area contributed by atoms with E-state index in [1.807, 2.05) is 6.92 Å². The summed E-state index contributed by atoms with van der Waals surface area (Å²) in [7, 11) is 1.53. The topological polar surface area (TPSA) is 67.4 Å². The Kier molecular flexibility index (Phi) is 5.24. The standard InChI is InChI=1S/C17H17ClN2O3/c1-10-7-16(23-3)14(18)9-15(10)20-17(22)12-5-4-6-13(8-12)19-11(2)21/h4-9H,1-3H3,(H,19,21)(H,20,22). The van der Waals surface area contributed by atoms with E-state index in [4.69, 9.17) is 16.3 Å². The molecule has 0 heterocycles. The molecule has 2 amide bonds. The molecule has 5 nitrogen and oxygen atoms in total. The fourth-order valence-electron chi connectivity index (χ4n) is 2.08. The predicted octanol–water partition coefficient (Wildman–Crippen LogP) is 3.87. The summed E-state index contributed by atoms with van der Waals surface area (Å²) in [5.41, 5.74) is 2.43. The van der Waals surface area contributed by atoms with Crippen LogP contribution in [0.5, 0.6) is 5.75 Å². The number of hydrogen-bond donors (Lipinski definition) is 2. The van der Waals surface area contributed by atoms with E-state index in [-0.39, 0.29) is 11.8 Å². The van der Waals surface area contributed by atoms with Crippen molar-refractivity contribution in [3.63, 3.8) is 0 Å². The highest BCUT2D eigenvalue weighted by atomic mass is 35.5. The van der Waals surface area contributed by atoms with Gasteiger partial charge in [-0.2, -0.15) is 0 Å². The summed E-state index contributed by atoms with van der Waals surface area (Å²) < 4.78 is 5.14. The maximum absolute atomic E-state index is 12.4. The molecule has 0 aromatic heterocycles. The van der Waals surface area contributed by atoms with E-state index in [1.165, 1.54) is 14.0 Å². The first-order valence-electron chi connectivity index (χ1n) is 6.94. The average Bonchev–Trinajstić information content (AvgIpc) is 2.50. The van der Waals surface area contributed by atoms with E-state index in [0.29, 0.717) is 27.7 Å². The number of benzene rings is 2. The Bertz CT molecular complexity index is 759. The zero-order valence-corrected chi connectivity index (χ0v) is 13.8. The minimum atomic E-state index is -0.290. The molecule has 0 bridgehead atoms. The maximum Gasteiger partial charge on any atom is 0.255 e. The molecule has 23 heavy (non-hydrogen) atoms. The normalized spacial score (nSPS) is 10.1. The number of halogens is 1. The number of nitrogens with one attached hydrogen (secondary N) is 2. The monoisotopic (exact) mass is 332 g/mol. The van der Waals surface area contributed by atoms with Gasteiger partial charge in [-0.25, -0.2) is 0 Å². The van der Waals surface area contributed by atoms with Crippen LogP contribution in [0.25, 0.3) is 0 Å². The van der Waals surface area contributed by atoms with Crippen LogP contribution in [0.4, 0.5) is 11.4 Å². The van der Waals surface area contributed by atoms with E-state index >= 15 is 0 Å². The van der Waals surface area contributed by atoms with Crippen LogP contribution in [-0.2, 0) is 4.79 Å². The zero-order chi connectivity index (χ0) is 17.0. The van der Waals surface area contributed by atoms with Crippen LogP contribution in [-0.4, -0.2) is 18.9 Å². The summed E-state index contributed by atoms with van der Waals surface area (Å²) in [6, 6.07) is 10.1. The van der Waals surface area contributed by atoms with Crippen molar-refractivity contribution in [2.75, 3.05) is 17.7 Å². The highest BCUT2D eigenvalue weighted by Crippen LogP contribution is 2.30. The Hall–Kier alpha value is -2.53. The Labute approximate surface area is 139 Å². The van der Waals surface area contributed by atoms with Crippen LogP contribution in [0.3, 0.4) is 0 Å². The molecule has 2 aromatic carbocycles. The number of rotatable bonds is 4. The van der Waals surface area contributed by atoms with Gasteiger partial charge in [-0.3, -0.25) is 9.59 Å². The first kappa shape index (κ1) is 16.8. The Balaban J connectivity index is 2.22. The molecule has 2 rings (SSSR count). The number of aryl methyl sites for hydroxylation is 1. The predicted molar refractivity (Wildman–Crippen MR) is 91.4 cm³/mol. The molecule has 0 fully saturated rings. The van der Waals surface area contributed by atoms with Gasteiger partial charge >= 0.3 is 0 Å². The molecule has 6 heteroatoms. The van der Waals surface area contributed by atoms with Crippen molar-refractivity contribution < 1.29 is 14.3 Å². The van der Waals surface area contributed by atoms with E-state index in [2.05, 4.69) is 10.6 Å². The zero-order valence-electron chi connectivity index (χ0n) is 13.1. The van der Waals surface area contributed by atoms with Gasteiger partial charge in [0, 0.05) is 23.9 Å². The third-order valence-corrected chi connectivity index (χ3v) is 3.49. The van der Waals surface area contributed by atoms with Crippen LogP contribution >= 0.6 is 11.6 Å². The van der Waals surface area contributed by atoms with Gasteiger partial charge < -0.3 is 15.4 Å². The summed E-state index contributed by atoms with van der Waals surface area (Å²) in [4.78, 5) is 23.5. The Morgan fingerprint density at radius 3 is 2.52 bits per heavy atom. The highest BCUT2D eigenvalue weighted by Gasteiger charge is 2.11. The van der Waals surface area contributed by atoms with Crippen molar-refractivity contribution in [3.05, 3.63) is 52.5 Å². The third-order valence-electron chi connectivity index (χ3n) is 3.19. The Morgan fingerprint density at radius 1 is 1.13 bits per heavy atom. The molecule has 0 atom stereocenters. The molecular weight excluding hydrogens is 316 g/mol. The van der Waals surface area contributed by atoms with Crippen molar-refractivity contribution in [1.82, 2.24) is 0 Å². The lowest BCUT2D eigenvalue weighted by molar-refractivity contribution is -0.114. The molecule has 0 aliphatic heterocycles. The molecule has 0 spiro atoms. The Morgan fingerprint density at radius 2 is 1.87 bits per heavy atom. The largest absolute Gasteiger partial charge is 0.495 e. The van der Waals surface area contributed by atoms with Crippen LogP contribution in [0.2, 0.25) is 5.02 Å². The van der Waals surface area contributed by atoms with E-state index < -0.39 is 0 Å². The number of methoxy groups -OCH3 is 1. The van der Waals surface area contributed by atoms with Crippen molar-refractivity contribution in [2.45, 2.75) is 13.8 Å². The quantitative estimate of drug-likeness (QED) is 0.893. The van der Waals surface area contributed by atoms with Gasteiger partial charge in [-0.15, -0.1) is 0 Å². The third kappa shape index (κ3) is 4.23. The lowest BCUT2D eigenvalue weighted by Gasteiger charge is -2.12. The molecule has 2 aromatic rings. The van der Waals surface area contributed by atoms with Gasteiger partial charge in [0.1, 0.15) is 5.75 Å². The molecule has 2 N–H and O–H groups in total. The van der Waals surface area contributed by atoms with E-state index in [1.54, 1.807) is 36.4 Å². The van der Waals surface area contributed by atoms with Gasteiger partial charge in [0.2, 0.25) is 5.91 Å². The van der Waals surface area contributed by atoms with Gasteiger partial charge in [0.05, 0.1) is 12.1 Å². The second-order valence-corrected chi connectivity index (χ2v) is 5.42. The van der Waals surface area contributed by atoms with Crippen LogP contribution in [0.15, 0.2) is 36.4 Å². The van der Waals surface area contributed by atoms with Gasteiger partial charge in [0.15, 0.2) is 0 Å². The summed E-state index contributed by atoms with van der Waals surface area (Å²) in [5.74, 6) is 0.0664. The fraction of sp³-hybridized carbons (Fsp3) is 0.176. The molecule has 0 saturated carbocycles. The number of ether oxygens (including phenoxy) is 1. The van der Waals surface area contributed by atoms with E-state index in [9.17, 15) is 9.59 Å². The summed E-state index contributed by atoms with van der Waals surface area (Å²) in [5, 5.41) is 5.87. The minimum Gasteiger partial charge on any atom is -0.495 e. The lowest BCUT2D eigenvalue weighted by Crippen LogP contribution is -2.14. The van der Waals surface area contributed by atoms with Gasteiger partial charge in [-0.1, -0.05) is 17.7 Å². The molecular formula is C17H17ClN2O3. The second kappa shape index (κ2) is 7.15. The first-order valence-corrected chi connectivity index (χ1v) is 7.31. The fourth-order valence-corrected chi connectivity index (χ4v) is 2.32. The maximum atomic E-state index is 12.4. The molecule has 120 valence electrons. The summed E-state index contributed by atoms with van der Waals surface area (Å²) in [6.45, 7) is 3.26. The average molecular weight is 333 g/mol. The van der Waals surface area contributed by atoms with Crippen LogP contribution in [0.1, 0.15) is 22.8 Å². The summed E-state index contributed by atoms with van der Waals surface area (Å²) >= 11 is 6.09. The number of anilines is 2. The van der Waals surface area contributed by atoms with Crippen molar-refractivity contribution >= 4 is 34.8 Å². The smallest absolute Gasteiger partial charge is 0.255 e. The summed E-state index contributed by atoms with van der Waals surface area (Å²) in [6.07, 6.45) is 0. The molecule has 0 radical (unpaired) electrons. The van der Waals surface area contributed by atoms with Crippen molar-refractivity contribution in [1.29, 1.82) is 0 Å². The van der Waals surface area contributed by atoms with Crippen LogP contribution < -0.4 is 15.4 Å². The first-order chi connectivity index (χ1) is 10.9. The molecule has 0 aliphatic rings. The number of carbonyl (C=O) groups excluding carboxylic acids is 2. The highest BCUT2D eigenvalue weighted by molar-refractivity contribution is 6.32. The van der Waals surface area contributed by atoms with Crippen molar-refractivity contribution in [2.24, 2.45) is 0 Å². The molecule has 0 aliphatic carbocycles. The lowest BCUT2D eigenvalue weighted by atomic mass is 10.1.